The van der Waals surface area contributed by atoms with E-state index in [2.05, 4.69) is 15.6 Å². The quantitative estimate of drug-likeness (QED) is 0.334. The Labute approximate surface area is 134 Å². The summed E-state index contributed by atoms with van der Waals surface area (Å²) >= 11 is 0. The minimum absolute atomic E-state index is 0.154. The molecule has 9 heteroatoms. The van der Waals surface area contributed by atoms with Crippen LogP contribution < -0.4 is 16.4 Å². The number of likely N-dealkylation sites (tertiary alicyclic amines) is 1. The SMILES string of the molecule is COCCNC(=O)Nc1cc(N)c(C(=N)N2CC(OC)C2)cn1. The molecule has 0 radical (unpaired) electrons. The second kappa shape index (κ2) is 7.75. The van der Waals surface area contributed by atoms with E-state index in [1.54, 1.807) is 14.2 Å². The summed E-state index contributed by atoms with van der Waals surface area (Å²) in [4.78, 5) is 17.6. The number of methoxy groups -OCH3 is 2. The standard InChI is InChI=1S/C14H22N6O3/c1-22-4-3-17-14(21)19-12-5-11(15)10(6-18-12)13(16)20-7-9(8-20)23-2/h5-6,9,16H,3-4,7-8H2,1-2H3,(H4,15,17,18,19,21). The Bertz CT molecular complexity index is 574. The Morgan fingerprint density at radius 2 is 2.26 bits per heavy atom. The Morgan fingerprint density at radius 3 is 2.87 bits per heavy atom. The van der Waals surface area contributed by atoms with Crippen molar-refractivity contribution in [2.75, 3.05) is 51.5 Å². The van der Waals surface area contributed by atoms with Crippen molar-refractivity contribution in [3.05, 3.63) is 17.8 Å². The van der Waals surface area contributed by atoms with Crippen molar-refractivity contribution in [1.82, 2.24) is 15.2 Å². The molecule has 1 aliphatic rings. The number of nitrogen functional groups attached to an aromatic ring is 1. The summed E-state index contributed by atoms with van der Waals surface area (Å²) in [5, 5.41) is 13.4. The largest absolute Gasteiger partial charge is 0.398 e. The third-order valence-electron chi connectivity index (χ3n) is 3.52. The zero-order valence-corrected chi connectivity index (χ0v) is 13.3. The monoisotopic (exact) mass is 322 g/mol. The Hall–Kier alpha value is -2.39. The third-order valence-corrected chi connectivity index (χ3v) is 3.52. The fourth-order valence-corrected chi connectivity index (χ4v) is 2.10. The van der Waals surface area contributed by atoms with E-state index in [0.717, 1.165) is 0 Å². The average molecular weight is 322 g/mol. The van der Waals surface area contributed by atoms with E-state index in [4.69, 9.17) is 20.6 Å². The molecule has 0 aromatic carbocycles. The van der Waals surface area contributed by atoms with Gasteiger partial charge in [0.2, 0.25) is 0 Å². The molecule has 1 aliphatic heterocycles. The summed E-state index contributed by atoms with van der Waals surface area (Å²) in [7, 11) is 3.21. The van der Waals surface area contributed by atoms with Crippen LogP contribution in [0.5, 0.6) is 0 Å². The molecule has 0 aliphatic carbocycles. The summed E-state index contributed by atoms with van der Waals surface area (Å²) in [5.74, 6) is 0.631. The number of pyridine rings is 1. The molecule has 126 valence electrons. The van der Waals surface area contributed by atoms with E-state index in [1.165, 1.54) is 12.3 Å². The third kappa shape index (κ3) is 4.30. The summed E-state index contributed by atoms with van der Waals surface area (Å²) in [6.07, 6.45) is 1.64. The molecule has 0 bridgehead atoms. The lowest BCUT2D eigenvalue weighted by atomic mass is 10.1. The number of hydrogen-bond donors (Lipinski definition) is 4. The number of aromatic nitrogens is 1. The Balaban J connectivity index is 1.92. The minimum atomic E-state index is -0.387. The van der Waals surface area contributed by atoms with E-state index in [9.17, 15) is 4.79 Å². The number of urea groups is 1. The lowest BCUT2D eigenvalue weighted by Crippen LogP contribution is -2.54. The summed E-state index contributed by atoms with van der Waals surface area (Å²) in [6.45, 7) is 2.15. The van der Waals surface area contributed by atoms with Crippen molar-refractivity contribution in [2.24, 2.45) is 0 Å². The summed E-state index contributed by atoms with van der Waals surface area (Å²) in [6, 6.07) is 1.15. The topological polar surface area (TPSA) is 126 Å². The van der Waals surface area contributed by atoms with Gasteiger partial charge in [0.25, 0.3) is 0 Å². The van der Waals surface area contributed by atoms with Crippen molar-refractivity contribution < 1.29 is 14.3 Å². The van der Waals surface area contributed by atoms with Crippen molar-refractivity contribution in [2.45, 2.75) is 6.10 Å². The number of nitrogens with one attached hydrogen (secondary N) is 3. The maximum atomic E-state index is 11.6. The highest BCUT2D eigenvalue weighted by atomic mass is 16.5. The zero-order chi connectivity index (χ0) is 16.8. The van der Waals surface area contributed by atoms with Gasteiger partial charge < -0.3 is 25.4 Å². The van der Waals surface area contributed by atoms with Crippen LogP contribution in [0, 0.1) is 5.41 Å². The molecule has 2 heterocycles. The van der Waals surface area contributed by atoms with Crippen LogP contribution in [0.2, 0.25) is 0 Å². The molecule has 1 saturated heterocycles. The molecular formula is C14H22N6O3. The van der Waals surface area contributed by atoms with Gasteiger partial charge in [0, 0.05) is 51.8 Å². The van der Waals surface area contributed by atoms with Crippen LogP contribution in [0.1, 0.15) is 5.56 Å². The molecule has 2 rings (SSSR count). The number of nitrogens with zero attached hydrogens (tertiary/aromatic N) is 2. The van der Waals surface area contributed by atoms with Gasteiger partial charge in [0.15, 0.2) is 0 Å². The Kier molecular flexibility index (Phi) is 5.72. The van der Waals surface area contributed by atoms with E-state index in [-0.39, 0.29) is 12.1 Å². The van der Waals surface area contributed by atoms with E-state index >= 15 is 0 Å². The van der Waals surface area contributed by atoms with Gasteiger partial charge in [-0.2, -0.15) is 0 Å². The van der Waals surface area contributed by atoms with Gasteiger partial charge in [-0.1, -0.05) is 0 Å². The zero-order valence-electron chi connectivity index (χ0n) is 13.3. The molecule has 9 nitrogen and oxygen atoms in total. The van der Waals surface area contributed by atoms with Gasteiger partial charge in [-0.05, 0) is 0 Å². The molecule has 5 N–H and O–H groups in total. The number of rotatable bonds is 6. The first-order chi connectivity index (χ1) is 11.0. The van der Waals surface area contributed by atoms with Crippen LogP contribution in [0.15, 0.2) is 12.3 Å². The van der Waals surface area contributed by atoms with Gasteiger partial charge in [-0.15, -0.1) is 0 Å². The second-order valence-corrected chi connectivity index (χ2v) is 5.14. The predicted octanol–water partition coefficient (Wildman–Crippen LogP) is 0.0877. The van der Waals surface area contributed by atoms with E-state index in [0.29, 0.717) is 49.1 Å². The van der Waals surface area contributed by atoms with Crippen molar-refractivity contribution in [3.8, 4) is 0 Å². The maximum absolute atomic E-state index is 11.6. The molecule has 0 saturated carbocycles. The van der Waals surface area contributed by atoms with Crippen LogP contribution in [0.3, 0.4) is 0 Å². The predicted molar refractivity (Wildman–Crippen MR) is 86.7 cm³/mol. The van der Waals surface area contributed by atoms with E-state index < -0.39 is 0 Å². The highest BCUT2D eigenvalue weighted by molar-refractivity contribution is 6.02. The smallest absolute Gasteiger partial charge is 0.320 e. The van der Waals surface area contributed by atoms with Crippen LogP contribution in [-0.2, 0) is 9.47 Å². The highest BCUT2D eigenvalue weighted by Gasteiger charge is 2.29. The van der Waals surface area contributed by atoms with Gasteiger partial charge in [-0.25, -0.2) is 9.78 Å². The number of amides is 2. The van der Waals surface area contributed by atoms with Crippen LogP contribution in [-0.4, -0.2) is 68.3 Å². The number of carbonyl (C=O) groups is 1. The van der Waals surface area contributed by atoms with Crippen LogP contribution >= 0.6 is 0 Å². The van der Waals surface area contributed by atoms with Crippen molar-refractivity contribution in [1.29, 1.82) is 5.41 Å². The second-order valence-electron chi connectivity index (χ2n) is 5.14. The molecule has 23 heavy (non-hydrogen) atoms. The van der Waals surface area contributed by atoms with Crippen molar-refractivity contribution in [3.63, 3.8) is 0 Å². The first-order valence-corrected chi connectivity index (χ1v) is 7.21. The molecule has 0 atom stereocenters. The van der Waals surface area contributed by atoms with E-state index in [1.807, 2.05) is 4.90 Å². The number of amidine groups is 1. The molecule has 0 spiro atoms. The Morgan fingerprint density at radius 1 is 1.52 bits per heavy atom. The highest BCUT2D eigenvalue weighted by Crippen LogP contribution is 2.20. The fraction of sp³-hybridized carbons (Fsp3) is 0.500. The molecule has 1 aromatic rings. The maximum Gasteiger partial charge on any atom is 0.320 e. The van der Waals surface area contributed by atoms with Crippen LogP contribution in [0.4, 0.5) is 16.3 Å². The van der Waals surface area contributed by atoms with Crippen LogP contribution in [0.25, 0.3) is 0 Å². The van der Waals surface area contributed by atoms with Gasteiger partial charge in [0.05, 0.1) is 18.3 Å². The number of carbonyl (C=O) groups excluding carboxylic acids is 1. The number of hydrogen-bond acceptors (Lipinski definition) is 6. The summed E-state index contributed by atoms with van der Waals surface area (Å²) < 4.78 is 10.0. The lowest BCUT2D eigenvalue weighted by molar-refractivity contribution is 0.00576. The molecule has 0 unspecified atom stereocenters. The molecule has 2 amide bonds. The summed E-state index contributed by atoms with van der Waals surface area (Å²) in [5.41, 5.74) is 6.89. The van der Waals surface area contributed by atoms with Crippen molar-refractivity contribution >= 4 is 23.4 Å². The minimum Gasteiger partial charge on any atom is -0.398 e. The van der Waals surface area contributed by atoms with Gasteiger partial charge in [0.1, 0.15) is 11.7 Å². The number of anilines is 2. The first kappa shape index (κ1) is 17.0. The number of nitrogens with two attached hydrogens (primary N) is 1. The molecule has 1 aromatic heterocycles. The fourth-order valence-electron chi connectivity index (χ4n) is 2.10. The van der Waals surface area contributed by atoms with Gasteiger partial charge in [-0.3, -0.25) is 10.7 Å². The molecular weight excluding hydrogens is 300 g/mol. The number of ether oxygens (including phenoxy) is 2. The normalized spacial score (nSPS) is 14.3. The average Bonchev–Trinajstić information content (AvgIpc) is 2.46. The lowest BCUT2D eigenvalue weighted by Gasteiger charge is -2.40. The van der Waals surface area contributed by atoms with Gasteiger partial charge >= 0.3 is 6.03 Å². The first-order valence-electron chi connectivity index (χ1n) is 7.21. The molecule has 1 fully saturated rings.